The number of nitrogens with zero attached hydrogens (tertiary/aromatic N) is 2. The van der Waals surface area contributed by atoms with Gasteiger partial charge in [-0.25, -0.2) is 0 Å². The highest BCUT2D eigenvalue weighted by Gasteiger charge is 2.20. The van der Waals surface area contributed by atoms with E-state index in [0.717, 1.165) is 6.42 Å². The average molecular weight is 220 g/mol. The molecule has 0 saturated heterocycles. The molecule has 0 aliphatic carbocycles. The van der Waals surface area contributed by atoms with Crippen molar-refractivity contribution in [2.24, 2.45) is 0 Å². The predicted molar refractivity (Wildman–Crippen MR) is 50.8 cm³/mol. The molecule has 0 aliphatic heterocycles. The lowest BCUT2D eigenvalue weighted by Gasteiger charge is -1.94. The molecule has 1 aromatic carbocycles. The number of hydrogen-bond donors (Lipinski definition) is 0. The summed E-state index contributed by atoms with van der Waals surface area (Å²) in [5.41, 5.74) is 1.87. The summed E-state index contributed by atoms with van der Waals surface area (Å²) in [6, 6.07) is 7.49. The first-order valence-electron chi connectivity index (χ1n) is 4.18. The van der Waals surface area contributed by atoms with Gasteiger partial charge in [-0.1, -0.05) is 19.1 Å². The van der Waals surface area contributed by atoms with Crippen molar-refractivity contribution in [3.8, 4) is 0 Å². The van der Waals surface area contributed by atoms with Gasteiger partial charge in [0, 0.05) is 12.1 Å². The van der Waals surface area contributed by atoms with Crippen LogP contribution in [0.1, 0.15) is 12.5 Å². The van der Waals surface area contributed by atoms with Crippen LogP contribution in [-0.4, -0.2) is 7.25 Å². The van der Waals surface area contributed by atoms with Crippen molar-refractivity contribution in [1.29, 1.82) is 5.39 Å². The second kappa shape index (κ2) is 6.01. The Morgan fingerprint density at radius 1 is 1.13 bits per heavy atom. The van der Waals surface area contributed by atoms with E-state index in [9.17, 15) is 17.3 Å². The fraction of sp³-hybridized carbons (Fsp3) is 0.250. The van der Waals surface area contributed by atoms with Gasteiger partial charge < -0.3 is 17.3 Å². The third-order valence-corrected chi connectivity index (χ3v) is 1.46. The first-order chi connectivity index (χ1) is 6.86. The highest BCUT2D eigenvalue weighted by Crippen LogP contribution is 2.12. The van der Waals surface area contributed by atoms with Crippen molar-refractivity contribution in [1.82, 2.24) is 0 Å². The molecule has 1 rings (SSSR count). The zero-order valence-corrected chi connectivity index (χ0v) is 8.00. The van der Waals surface area contributed by atoms with E-state index in [-0.39, 0.29) is 0 Å². The fourth-order valence-corrected chi connectivity index (χ4v) is 0.798. The number of benzene rings is 1. The molecule has 0 spiro atoms. The van der Waals surface area contributed by atoms with Gasteiger partial charge >= 0.3 is 12.9 Å². The van der Waals surface area contributed by atoms with Gasteiger partial charge in [0.25, 0.3) is 0 Å². The molecule has 0 atom stereocenters. The van der Waals surface area contributed by atoms with Crippen molar-refractivity contribution in [3.05, 3.63) is 34.8 Å². The summed E-state index contributed by atoms with van der Waals surface area (Å²) in [6.07, 6.45) is 1.02. The van der Waals surface area contributed by atoms with Crippen LogP contribution in [0, 0.1) is 5.39 Å². The maximum absolute atomic E-state index is 9.75. The smallest absolute Gasteiger partial charge is 0.418 e. The van der Waals surface area contributed by atoms with Crippen LogP contribution in [0.4, 0.5) is 23.0 Å². The normalized spacial score (nSPS) is 9.87. The van der Waals surface area contributed by atoms with Gasteiger partial charge in [-0.05, 0) is 12.0 Å². The van der Waals surface area contributed by atoms with E-state index in [1.54, 1.807) is 12.1 Å². The molecule has 15 heavy (non-hydrogen) atoms. The van der Waals surface area contributed by atoms with E-state index in [1.807, 2.05) is 12.1 Å². The first-order valence-corrected chi connectivity index (χ1v) is 4.18. The Bertz CT molecular complexity index is 322. The topological polar surface area (TPSA) is 28.1 Å². The molecular weight excluding hydrogens is 211 g/mol. The van der Waals surface area contributed by atoms with Crippen LogP contribution in [0.3, 0.4) is 0 Å². The Labute approximate surface area is 84.6 Å². The van der Waals surface area contributed by atoms with Crippen molar-refractivity contribution >= 4 is 12.9 Å². The summed E-state index contributed by atoms with van der Waals surface area (Å²) >= 11 is 0. The number of rotatable bonds is 1. The van der Waals surface area contributed by atoms with Gasteiger partial charge in [-0.15, -0.1) is 0 Å². The summed E-state index contributed by atoms with van der Waals surface area (Å²) in [5, 5.41) is 8.33. The number of hydrogen-bond acceptors (Lipinski definition) is 1. The van der Waals surface area contributed by atoms with Gasteiger partial charge in [0.05, 0.1) is 0 Å². The highest BCUT2D eigenvalue weighted by molar-refractivity contribution is 6.50. The van der Waals surface area contributed by atoms with E-state index in [1.165, 1.54) is 5.56 Å². The molecule has 0 aromatic heterocycles. The zero-order chi connectivity index (χ0) is 11.9. The average Bonchev–Trinajstić information content (AvgIpc) is 2.15. The van der Waals surface area contributed by atoms with Crippen LogP contribution in [0.15, 0.2) is 24.3 Å². The lowest BCUT2D eigenvalue weighted by molar-refractivity contribution is 0.368. The zero-order valence-electron chi connectivity index (χ0n) is 8.00. The van der Waals surface area contributed by atoms with Crippen LogP contribution in [-0.2, 0) is 6.42 Å². The molecule has 0 aliphatic rings. The molecule has 0 unspecified atom stereocenters. The van der Waals surface area contributed by atoms with Crippen LogP contribution >= 0.6 is 0 Å². The van der Waals surface area contributed by atoms with Gasteiger partial charge in [-0.2, -0.15) is 0 Å². The molecule has 82 valence electrons. The van der Waals surface area contributed by atoms with Crippen LogP contribution in [0.5, 0.6) is 0 Å². The minimum Gasteiger partial charge on any atom is -0.418 e. The van der Waals surface area contributed by atoms with Crippen molar-refractivity contribution in [3.63, 3.8) is 0 Å². The number of halogens is 4. The van der Waals surface area contributed by atoms with Crippen LogP contribution in [0.25, 0.3) is 4.98 Å². The Hall–Kier alpha value is -1.58. The molecule has 7 heteroatoms. The fourth-order valence-electron chi connectivity index (χ4n) is 0.798. The standard InChI is InChI=1S/C8H9N2.BF4/c1-2-7-3-5-8(10-9)6-4-7;2-1(3,4)5/h3-6H,2H2,1H3;/q+1;-1. The maximum Gasteiger partial charge on any atom is 0.673 e. The third-order valence-electron chi connectivity index (χ3n) is 1.46. The van der Waals surface area contributed by atoms with Gasteiger partial charge in [0.2, 0.25) is 5.39 Å². The van der Waals surface area contributed by atoms with Gasteiger partial charge in [-0.3, -0.25) is 0 Å². The highest BCUT2D eigenvalue weighted by atomic mass is 19.5. The largest absolute Gasteiger partial charge is 0.673 e. The Balaban J connectivity index is 0.000000336. The lowest BCUT2D eigenvalue weighted by Crippen LogP contribution is -2.02. The molecule has 0 heterocycles. The van der Waals surface area contributed by atoms with Crippen molar-refractivity contribution in [2.75, 3.05) is 0 Å². The summed E-state index contributed by atoms with van der Waals surface area (Å²) in [6.45, 7) is 2.09. The second-order valence-corrected chi connectivity index (χ2v) is 2.61. The van der Waals surface area contributed by atoms with E-state index >= 15 is 0 Å². The van der Waals surface area contributed by atoms with E-state index in [4.69, 9.17) is 5.39 Å². The van der Waals surface area contributed by atoms with E-state index < -0.39 is 7.25 Å². The number of diazo groups is 1. The van der Waals surface area contributed by atoms with Crippen molar-refractivity contribution in [2.45, 2.75) is 13.3 Å². The maximum atomic E-state index is 9.75. The van der Waals surface area contributed by atoms with Gasteiger partial charge in [0.15, 0.2) is 4.98 Å². The summed E-state index contributed by atoms with van der Waals surface area (Å²) in [7, 11) is -6.00. The molecule has 1 aromatic rings. The molecular formula is C8H9BF4N2. The monoisotopic (exact) mass is 220 g/mol. The minimum atomic E-state index is -6.00. The van der Waals surface area contributed by atoms with Gasteiger partial charge in [0.1, 0.15) is 0 Å². The molecule has 0 bridgehead atoms. The quantitative estimate of drug-likeness (QED) is 0.398. The first kappa shape index (κ1) is 13.4. The van der Waals surface area contributed by atoms with E-state index in [2.05, 4.69) is 11.9 Å². The molecule has 0 saturated carbocycles. The lowest BCUT2D eigenvalue weighted by atomic mass is 10.2. The Morgan fingerprint density at radius 2 is 1.53 bits per heavy atom. The van der Waals surface area contributed by atoms with E-state index in [0.29, 0.717) is 5.69 Å². The van der Waals surface area contributed by atoms with Crippen LogP contribution < -0.4 is 0 Å². The third kappa shape index (κ3) is 8.75. The summed E-state index contributed by atoms with van der Waals surface area (Å²) < 4.78 is 39.0. The molecule has 2 nitrogen and oxygen atoms in total. The Morgan fingerprint density at radius 3 is 1.80 bits per heavy atom. The molecule has 0 amide bonds. The number of aryl methyl sites for hydroxylation is 1. The summed E-state index contributed by atoms with van der Waals surface area (Å²) in [4.78, 5) is 3.05. The molecule has 0 radical (unpaired) electrons. The molecule has 0 N–H and O–H groups in total. The van der Waals surface area contributed by atoms with Crippen molar-refractivity contribution < 1.29 is 17.3 Å². The summed E-state index contributed by atoms with van der Waals surface area (Å²) in [5.74, 6) is 0. The molecule has 0 fully saturated rings. The predicted octanol–water partition coefficient (Wildman–Crippen LogP) is 4.03. The SMILES string of the molecule is CCc1ccc([N+]#N)cc1.F[B-](F)(F)F. The minimum absolute atomic E-state index is 0.609. The Kier molecular flexibility index (Phi) is 5.38. The second-order valence-electron chi connectivity index (χ2n) is 2.61. The van der Waals surface area contributed by atoms with Crippen LogP contribution in [0.2, 0.25) is 0 Å².